The fourth-order valence-electron chi connectivity index (χ4n) is 3.42. The summed E-state index contributed by atoms with van der Waals surface area (Å²) in [5.41, 5.74) is 1.28. The van der Waals surface area contributed by atoms with E-state index >= 15 is 0 Å². The van der Waals surface area contributed by atoms with Gasteiger partial charge in [0.05, 0.1) is 6.04 Å². The Morgan fingerprint density at radius 1 is 1.47 bits per heavy atom. The molecule has 1 saturated heterocycles. The van der Waals surface area contributed by atoms with Crippen molar-refractivity contribution in [2.75, 3.05) is 20.2 Å². The highest BCUT2D eigenvalue weighted by molar-refractivity contribution is 5.51. The summed E-state index contributed by atoms with van der Waals surface area (Å²) in [4.78, 5) is 2.39. The summed E-state index contributed by atoms with van der Waals surface area (Å²) in [5.74, 6) is 0.969. The summed E-state index contributed by atoms with van der Waals surface area (Å²) in [5, 5.41) is 9.89. The molecule has 1 fully saturated rings. The first-order valence-corrected chi connectivity index (χ1v) is 6.28. The number of ether oxygens (including phenoxy) is 1. The van der Waals surface area contributed by atoms with Crippen molar-refractivity contribution in [3.05, 3.63) is 23.8 Å². The maximum Gasteiger partial charge on any atom is 0.164 e. The molecule has 0 aliphatic carbocycles. The van der Waals surface area contributed by atoms with E-state index in [0.29, 0.717) is 18.4 Å². The number of fused-ring (bicyclic) bond motifs is 3. The van der Waals surface area contributed by atoms with Gasteiger partial charge in [0.25, 0.3) is 0 Å². The molecular formula is C14H19NO2. The average molecular weight is 233 g/mol. The third-order valence-electron chi connectivity index (χ3n) is 4.47. The Kier molecular flexibility index (Phi) is 2.33. The standard InChI is InChI=1S/C14H19NO2/c1-14-7-4-8-15(2)12(14)9-17-13-10(14)5-3-6-11(13)16/h3,5-6,12,16H,4,7-9H2,1-2H3/t12-,14-/m1/s1. The number of aromatic hydroxyl groups is 1. The predicted molar refractivity (Wildman–Crippen MR) is 66.6 cm³/mol. The van der Waals surface area contributed by atoms with Crippen molar-refractivity contribution in [2.24, 2.45) is 0 Å². The summed E-state index contributed by atoms with van der Waals surface area (Å²) < 4.78 is 5.77. The van der Waals surface area contributed by atoms with Crippen LogP contribution in [-0.2, 0) is 5.41 Å². The molecule has 2 atom stereocenters. The summed E-state index contributed by atoms with van der Waals surface area (Å²) in [6.45, 7) is 4.11. The van der Waals surface area contributed by atoms with E-state index in [-0.39, 0.29) is 11.2 Å². The molecule has 1 N–H and O–H groups in total. The fourth-order valence-corrected chi connectivity index (χ4v) is 3.42. The quantitative estimate of drug-likeness (QED) is 0.745. The topological polar surface area (TPSA) is 32.7 Å². The molecule has 92 valence electrons. The molecule has 0 spiro atoms. The number of phenolic OH excluding ortho intramolecular Hbond substituents is 1. The lowest BCUT2D eigenvalue weighted by Crippen LogP contribution is -2.56. The van der Waals surface area contributed by atoms with E-state index in [1.807, 2.05) is 6.07 Å². The molecule has 1 aromatic rings. The third kappa shape index (κ3) is 1.45. The largest absolute Gasteiger partial charge is 0.504 e. The summed E-state index contributed by atoms with van der Waals surface area (Å²) >= 11 is 0. The molecule has 0 saturated carbocycles. The number of likely N-dealkylation sites (tertiary alicyclic amines) is 1. The van der Waals surface area contributed by atoms with Gasteiger partial charge in [-0.15, -0.1) is 0 Å². The molecule has 0 bridgehead atoms. The second-order valence-corrected chi connectivity index (χ2v) is 5.48. The minimum atomic E-state index is 0.110. The van der Waals surface area contributed by atoms with E-state index in [9.17, 15) is 5.11 Å². The van der Waals surface area contributed by atoms with Gasteiger partial charge >= 0.3 is 0 Å². The van der Waals surface area contributed by atoms with Gasteiger partial charge in [-0.3, -0.25) is 4.90 Å². The zero-order valence-corrected chi connectivity index (χ0v) is 10.4. The smallest absolute Gasteiger partial charge is 0.164 e. The zero-order chi connectivity index (χ0) is 12.0. The van der Waals surface area contributed by atoms with Gasteiger partial charge in [-0.05, 0) is 32.5 Å². The second-order valence-electron chi connectivity index (χ2n) is 5.48. The van der Waals surface area contributed by atoms with E-state index in [1.54, 1.807) is 6.07 Å². The average Bonchev–Trinajstić information content (AvgIpc) is 2.30. The van der Waals surface area contributed by atoms with Crippen molar-refractivity contribution < 1.29 is 9.84 Å². The third-order valence-corrected chi connectivity index (χ3v) is 4.47. The number of hydrogen-bond acceptors (Lipinski definition) is 3. The van der Waals surface area contributed by atoms with Gasteiger partial charge in [-0.25, -0.2) is 0 Å². The SMILES string of the molecule is CN1CCC[C@]2(C)c3cccc(O)c3OC[C@@H]12. The highest BCUT2D eigenvalue weighted by Crippen LogP contribution is 2.48. The van der Waals surface area contributed by atoms with Crippen molar-refractivity contribution in [3.63, 3.8) is 0 Å². The van der Waals surface area contributed by atoms with Gasteiger partial charge in [0.2, 0.25) is 0 Å². The minimum absolute atomic E-state index is 0.110. The van der Waals surface area contributed by atoms with Crippen molar-refractivity contribution in [1.82, 2.24) is 4.90 Å². The minimum Gasteiger partial charge on any atom is -0.504 e. The summed E-state index contributed by atoms with van der Waals surface area (Å²) in [7, 11) is 2.17. The molecule has 1 aromatic carbocycles. The zero-order valence-electron chi connectivity index (χ0n) is 10.4. The molecule has 17 heavy (non-hydrogen) atoms. The normalized spacial score (nSPS) is 32.5. The Hall–Kier alpha value is -1.22. The number of nitrogens with zero attached hydrogens (tertiary/aromatic N) is 1. The molecule has 2 heterocycles. The van der Waals surface area contributed by atoms with Crippen LogP contribution in [0, 0.1) is 0 Å². The number of para-hydroxylation sites is 1. The molecule has 0 unspecified atom stereocenters. The molecule has 2 aliphatic rings. The molecule has 3 rings (SSSR count). The van der Waals surface area contributed by atoms with Crippen LogP contribution in [0.1, 0.15) is 25.3 Å². The molecular weight excluding hydrogens is 214 g/mol. The number of piperidine rings is 1. The van der Waals surface area contributed by atoms with Gasteiger partial charge in [0, 0.05) is 11.0 Å². The lowest BCUT2D eigenvalue weighted by molar-refractivity contribution is 0.0383. The lowest BCUT2D eigenvalue weighted by atomic mass is 9.68. The van der Waals surface area contributed by atoms with Crippen LogP contribution in [0.5, 0.6) is 11.5 Å². The number of likely N-dealkylation sites (N-methyl/N-ethyl adjacent to an activating group) is 1. The van der Waals surface area contributed by atoms with Crippen LogP contribution in [-0.4, -0.2) is 36.2 Å². The van der Waals surface area contributed by atoms with Gasteiger partial charge in [0.15, 0.2) is 11.5 Å². The van der Waals surface area contributed by atoms with E-state index in [4.69, 9.17) is 4.74 Å². The highest BCUT2D eigenvalue weighted by Gasteiger charge is 2.46. The lowest BCUT2D eigenvalue weighted by Gasteiger charge is -2.50. The Morgan fingerprint density at radius 3 is 3.12 bits per heavy atom. The Labute approximate surface area is 102 Å². The monoisotopic (exact) mass is 233 g/mol. The molecule has 3 heteroatoms. The van der Waals surface area contributed by atoms with E-state index in [2.05, 4.69) is 24.9 Å². The first-order valence-electron chi connectivity index (χ1n) is 6.28. The Balaban J connectivity index is 2.12. The van der Waals surface area contributed by atoms with Crippen LogP contribution in [0.15, 0.2) is 18.2 Å². The van der Waals surface area contributed by atoms with Crippen LogP contribution < -0.4 is 4.74 Å². The van der Waals surface area contributed by atoms with Gasteiger partial charge in [-0.2, -0.15) is 0 Å². The van der Waals surface area contributed by atoms with E-state index < -0.39 is 0 Å². The maximum absolute atomic E-state index is 9.89. The van der Waals surface area contributed by atoms with Crippen LogP contribution in [0.3, 0.4) is 0 Å². The van der Waals surface area contributed by atoms with Crippen molar-refractivity contribution >= 4 is 0 Å². The van der Waals surface area contributed by atoms with Gasteiger partial charge < -0.3 is 9.84 Å². The predicted octanol–water partition coefficient (Wildman–Crippen LogP) is 2.14. The Morgan fingerprint density at radius 2 is 2.29 bits per heavy atom. The fraction of sp³-hybridized carbons (Fsp3) is 0.571. The number of rotatable bonds is 0. The summed E-state index contributed by atoms with van der Waals surface area (Å²) in [6, 6.07) is 6.14. The van der Waals surface area contributed by atoms with Gasteiger partial charge in [-0.1, -0.05) is 19.1 Å². The van der Waals surface area contributed by atoms with E-state index in [1.165, 1.54) is 18.4 Å². The van der Waals surface area contributed by atoms with Crippen molar-refractivity contribution in [1.29, 1.82) is 0 Å². The van der Waals surface area contributed by atoms with Crippen molar-refractivity contribution in [2.45, 2.75) is 31.2 Å². The highest BCUT2D eigenvalue weighted by atomic mass is 16.5. The van der Waals surface area contributed by atoms with Crippen LogP contribution in [0.25, 0.3) is 0 Å². The maximum atomic E-state index is 9.89. The first kappa shape index (κ1) is 10.9. The van der Waals surface area contributed by atoms with E-state index in [0.717, 1.165) is 6.54 Å². The molecule has 0 amide bonds. The molecule has 0 aromatic heterocycles. The van der Waals surface area contributed by atoms with Crippen molar-refractivity contribution in [3.8, 4) is 11.5 Å². The first-order chi connectivity index (χ1) is 8.13. The number of benzene rings is 1. The molecule has 0 radical (unpaired) electrons. The van der Waals surface area contributed by atoms with Crippen LogP contribution in [0.2, 0.25) is 0 Å². The van der Waals surface area contributed by atoms with Gasteiger partial charge in [0.1, 0.15) is 6.61 Å². The van der Waals surface area contributed by atoms with Crippen LogP contribution >= 0.6 is 0 Å². The number of hydrogen-bond donors (Lipinski definition) is 1. The Bertz CT molecular complexity index is 446. The number of phenols is 1. The van der Waals surface area contributed by atoms with Crippen LogP contribution in [0.4, 0.5) is 0 Å². The summed E-state index contributed by atoms with van der Waals surface area (Å²) in [6.07, 6.45) is 2.38. The second kappa shape index (κ2) is 3.64. The molecule has 2 aliphatic heterocycles. The molecule has 3 nitrogen and oxygen atoms in total.